The van der Waals surface area contributed by atoms with Crippen LogP contribution < -0.4 is 0 Å². The van der Waals surface area contributed by atoms with Crippen molar-refractivity contribution in [3.05, 3.63) is 0 Å². The van der Waals surface area contributed by atoms with Crippen LogP contribution in [0.3, 0.4) is 0 Å². The molecule has 1 atom stereocenters. The minimum atomic E-state index is -2.16. The van der Waals surface area contributed by atoms with Crippen molar-refractivity contribution in [1.29, 1.82) is 0 Å². The number of carbonyl (C=O) groups excluding carboxylic acids is 1. The summed E-state index contributed by atoms with van der Waals surface area (Å²) >= 11 is 14.2. The van der Waals surface area contributed by atoms with Crippen LogP contribution in [0.25, 0.3) is 0 Å². The fraction of sp³-hybridized carbons (Fsp3) is 0.929. The van der Waals surface area contributed by atoms with Crippen LogP contribution in [0, 0.1) is 0 Å². The number of hydrogen-bond donors (Lipinski definition) is 1. The molecule has 0 heterocycles. The average molecular weight is 450 g/mol. The van der Waals surface area contributed by atoms with Gasteiger partial charge in [-0.15, -0.1) is 0 Å². The molecule has 120 valence electrons. The van der Waals surface area contributed by atoms with Gasteiger partial charge >= 0.3 is 147 Å². The molecule has 1 unspecified atom stereocenters. The maximum atomic E-state index is 12.4. The molecule has 0 saturated heterocycles. The van der Waals surface area contributed by atoms with Crippen LogP contribution in [0.5, 0.6) is 0 Å². The Bertz CT molecular complexity index is 262. The molecule has 0 aromatic heterocycles. The molecule has 0 aliphatic heterocycles. The molecule has 0 aliphatic carbocycles. The van der Waals surface area contributed by atoms with E-state index in [-0.39, 0.29) is 12.6 Å². The van der Waals surface area contributed by atoms with Gasteiger partial charge in [-0.3, -0.25) is 0 Å². The molecular weight excluding hydrogens is 422 g/mol. The average Bonchev–Trinajstić information content (AvgIpc) is 2.44. The molecule has 20 heavy (non-hydrogen) atoms. The van der Waals surface area contributed by atoms with Crippen LogP contribution in [0.1, 0.15) is 46.0 Å². The molecule has 0 aromatic rings. The number of alkyl halides is 2. The first-order chi connectivity index (χ1) is 9.56. The van der Waals surface area contributed by atoms with Crippen molar-refractivity contribution < 1.29 is 9.53 Å². The molecule has 0 amide bonds. The van der Waals surface area contributed by atoms with Gasteiger partial charge < -0.3 is 0 Å². The third-order valence-corrected chi connectivity index (χ3v) is 18.5. The minimum absolute atomic E-state index is 0.171. The van der Waals surface area contributed by atoms with Crippen molar-refractivity contribution in [1.82, 2.24) is 0 Å². The Kier molecular flexibility index (Phi) is 13.5. The summed E-state index contributed by atoms with van der Waals surface area (Å²) < 4.78 is 7.13. The van der Waals surface area contributed by atoms with Gasteiger partial charge in [0, 0.05) is 0 Å². The Morgan fingerprint density at radius 1 is 1.15 bits per heavy atom. The number of carbonyl (C=O) groups is 1. The van der Waals surface area contributed by atoms with Gasteiger partial charge in [0.15, 0.2) is 0 Å². The number of thiol groups is 1. The van der Waals surface area contributed by atoms with Crippen LogP contribution in [0.2, 0.25) is 8.87 Å². The van der Waals surface area contributed by atoms with Gasteiger partial charge in [-0.2, -0.15) is 0 Å². The second-order valence-corrected chi connectivity index (χ2v) is 18.2. The van der Waals surface area contributed by atoms with Crippen LogP contribution >= 0.6 is 35.8 Å². The molecule has 0 spiro atoms. The number of hydrogen-bond acceptors (Lipinski definition) is 3. The van der Waals surface area contributed by atoms with E-state index in [4.69, 9.17) is 40.6 Å². The van der Waals surface area contributed by atoms with Gasteiger partial charge in [0.05, 0.1) is 0 Å². The molecular formula is C14H28Cl2O2SSn. The van der Waals surface area contributed by atoms with E-state index in [1.54, 1.807) is 0 Å². The van der Waals surface area contributed by atoms with E-state index in [9.17, 15) is 4.79 Å². The van der Waals surface area contributed by atoms with Gasteiger partial charge in [0.2, 0.25) is 0 Å². The van der Waals surface area contributed by atoms with Crippen molar-refractivity contribution >= 4 is 61.6 Å². The van der Waals surface area contributed by atoms with E-state index in [1.165, 1.54) is 34.6 Å². The molecule has 6 heteroatoms. The zero-order chi connectivity index (χ0) is 15.4. The van der Waals surface area contributed by atoms with E-state index >= 15 is 0 Å². The maximum absolute atomic E-state index is 12.4. The molecule has 0 radical (unpaired) electrons. The van der Waals surface area contributed by atoms with Crippen molar-refractivity contribution in [2.24, 2.45) is 0 Å². The Labute approximate surface area is 146 Å². The van der Waals surface area contributed by atoms with E-state index in [0.717, 1.165) is 0 Å². The summed E-state index contributed by atoms with van der Waals surface area (Å²) in [6.07, 6.45) is 5.35. The first-order valence-electron chi connectivity index (χ1n) is 7.58. The molecule has 0 fully saturated rings. The van der Waals surface area contributed by atoms with Crippen molar-refractivity contribution in [2.75, 3.05) is 18.4 Å². The van der Waals surface area contributed by atoms with Gasteiger partial charge in [0.25, 0.3) is 0 Å². The predicted octanol–water partition coefficient (Wildman–Crippen LogP) is 4.43. The fourth-order valence-corrected chi connectivity index (χ4v) is 16.8. The van der Waals surface area contributed by atoms with Gasteiger partial charge in [0.1, 0.15) is 0 Å². The topological polar surface area (TPSA) is 26.3 Å². The van der Waals surface area contributed by atoms with Crippen molar-refractivity contribution in [3.63, 3.8) is 0 Å². The molecule has 0 bridgehead atoms. The standard InChI is InChI=1S/C6H9Cl2O2S.2C4H9.Sn.H/c7-2-1-5(11)6(9)10-4-3-8;2*1-3-4-2;;/h11H,1-4H2;2*1,3-4H2,2H3;;. The Hall–Kier alpha value is 1.20. The van der Waals surface area contributed by atoms with Crippen LogP contribution in [0.4, 0.5) is 0 Å². The number of esters is 1. The second kappa shape index (κ2) is 12.7. The number of unbranched alkanes of at least 4 members (excludes halogenated alkanes) is 2. The Balaban J connectivity index is 4.93. The zero-order valence-corrected chi connectivity index (χ0v) is 18.4. The molecule has 0 saturated carbocycles. The van der Waals surface area contributed by atoms with E-state index in [0.29, 0.717) is 18.2 Å². The van der Waals surface area contributed by atoms with E-state index in [1.807, 2.05) is 0 Å². The fourth-order valence-electron chi connectivity index (χ4n) is 2.40. The molecule has 0 aromatic carbocycles. The molecule has 2 nitrogen and oxygen atoms in total. The quantitative estimate of drug-likeness (QED) is 0.206. The van der Waals surface area contributed by atoms with Crippen LogP contribution in [-0.4, -0.2) is 46.9 Å². The first-order valence-corrected chi connectivity index (χ1v) is 15.4. The zero-order valence-electron chi connectivity index (χ0n) is 12.7. The van der Waals surface area contributed by atoms with Crippen LogP contribution in [-0.2, 0) is 9.53 Å². The van der Waals surface area contributed by atoms with Gasteiger partial charge in [-0.05, 0) is 0 Å². The summed E-state index contributed by atoms with van der Waals surface area (Å²) in [5, 5.41) is 0. The molecule has 0 aliphatic rings. The summed E-state index contributed by atoms with van der Waals surface area (Å²) in [6.45, 7) is 4.65. The summed E-state index contributed by atoms with van der Waals surface area (Å²) in [4.78, 5) is 12.4. The summed E-state index contributed by atoms with van der Waals surface area (Å²) in [6, 6.07) is 0. The predicted molar refractivity (Wildman–Crippen MR) is 95.3 cm³/mol. The monoisotopic (exact) mass is 450 g/mol. The van der Waals surface area contributed by atoms with Gasteiger partial charge in [-0.1, -0.05) is 0 Å². The second-order valence-electron chi connectivity index (χ2n) is 5.17. The summed E-state index contributed by atoms with van der Waals surface area (Å²) in [7, 11) is 0. The third kappa shape index (κ3) is 7.46. The SMILES string of the molecule is CCC[CH2][SnH]([CH2]CCC)[C](S)(CCCl)C(=O)OCCCl. The van der Waals surface area contributed by atoms with Crippen molar-refractivity contribution in [3.8, 4) is 0 Å². The van der Waals surface area contributed by atoms with Crippen molar-refractivity contribution in [2.45, 2.75) is 57.6 Å². The third-order valence-electron chi connectivity index (χ3n) is 3.63. The van der Waals surface area contributed by atoms with Gasteiger partial charge in [-0.25, -0.2) is 0 Å². The number of ether oxygens (including phenoxy) is 1. The Morgan fingerprint density at radius 2 is 1.70 bits per heavy atom. The van der Waals surface area contributed by atoms with E-state index < -0.39 is 22.5 Å². The summed E-state index contributed by atoms with van der Waals surface area (Å²) in [5.41, 5.74) is 0. The number of rotatable bonds is 12. The Morgan fingerprint density at radius 3 is 2.10 bits per heavy atom. The number of halogens is 2. The summed E-state index contributed by atoms with van der Waals surface area (Å²) in [5.74, 6) is 0.626. The molecule has 0 rings (SSSR count). The van der Waals surface area contributed by atoms with E-state index in [2.05, 4.69) is 13.8 Å². The first kappa shape index (κ1) is 21.2. The van der Waals surface area contributed by atoms with Crippen LogP contribution in [0.15, 0.2) is 0 Å². The normalized spacial score (nSPS) is 14.3. The molecule has 0 N–H and O–H groups in total.